The van der Waals surface area contributed by atoms with Crippen LogP contribution in [0.1, 0.15) is 6.92 Å². The predicted octanol–water partition coefficient (Wildman–Crippen LogP) is 2.33. The monoisotopic (exact) mass is 151 g/mol. The summed E-state index contributed by atoms with van der Waals surface area (Å²) in [6.07, 6.45) is 0. The first kappa shape index (κ1) is 5.72. The molecule has 1 unspecified atom stereocenters. The van der Waals surface area contributed by atoms with Crippen LogP contribution in [0.15, 0.2) is 4.40 Å². The van der Waals surface area contributed by atoms with Gasteiger partial charge in [-0.15, -0.1) is 0 Å². The average molecular weight is 151 g/mol. The fourth-order valence-corrected chi connectivity index (χ4v) is 4.31. The van der Waals surface area contributed by atoms with Crippen LogP contribution >= 0.6 is 30.3 Å². The highest BCUT2D eigenvalue weighted by Crippen LogP contribution is 2.48. The van der Waals surface area contributed by atoms with Gasteiger partial charge >= 0.3 is 0 Å². The second-order valence-electron chi connectivity index (χ2n) is 1.07. The van der Waals surface area contributed by atoms with Crippen molar-refractivity contribution in [1.82, 2.24) is 0 Å². The van der Waals surface area contributed by atoms with Crippen molar-refractivity contribution < 1.29 is 0 Å². The van der Waals surface area contributed by atoms with Gasteiger partial charge in [-0.05, 0) is 26.3 Å². The molecule has 0 aromatic heterocycles. The zero-order chi connectivity index (χ0) is 5.28. The van der Waals surface area contributed by atoms with Crippen molar-refractivity contribution in [2.45, 2.75) is 6.92 Å². The Balaban J connectivity index is 2.58. The van der Waals surface area contributed by atoms with Crippen LogP contribution in [0.2, 0.25) is 0 Å². The van der Waals surface area contributed by atoms with E-state index in [2.05, 4.69) is 10.3 Å². The van der Waals surface area contributed by atoms with Crippen molar-refractivity contribution in [2.75, 3.05) is 0 Å². The summed E-state index contributed by atoms with van der Waals surface area (Å²) in [4.78, 5) is 0. The Morgan fingerprint density at radius 3 is 2.71 bits per heavy atom. The van der Waals surface area contributed by atoms with E-state index in [-0.39, 0.29) is 8.55 Å². The second kappa shape index (κ2) is 2.24. The summed E-state index contributed by atoms with van der Waals surface area (Å²) < 4.78 is 4.06. The minimum absolute atomic E-state index is 0.177. The fraction of sp³-hybridized carbons (Fsp3) is 0.333. The van der Waals surface area contributed by atoms with E-state index < -0.39 is 0 Å². The van der Waals surface area contributed by atoms with Crippen LogP contribution in [-0.2, 0) is 0 Å². The molecule has 1 heterocycles. The van der Waals surface area contributed by atoms with E-state index in [1.165, 1.54) is 0 Å². The van der Waals surface area contributed by atoms with Crippen molar-refractivity contribution in [3.8, 4) is 0 Å². The van der Waals surface area contributed by atoms with Gasteiger partial charge in [0.15, 0.2) is 0 Å². The maximum absolute atomic E-state index is 4.06. The lowest BCUT2D eigenvalue weighted by molar-refractivity contribution is 1.88. The van der Waals surface area contributed by atoms with Gasteiger partial charge in [-0.3, -0.25) is 0 Å². The van der Waals surface area contributed by atoms with Crippen molar-refractivity contribution in [3.63, 3.8) is 0 Å². The molecule has 0 N–H and O–H groups in total. The van der Waals surface area contributed by atoms with Gasteiger partial charge in [0.1, 0.15) is 0 Å². The smallest absolute Gasteiger partial charge is 0.0903 e. The van der Waals surface area contributed by atoms with E-state index in [1.54, 1.807) is 21.8 Å². The van der Waals surface area contributed by atoms with Crippen molar-refractivity contribution in [3.05, 3.63) is 0 Å². The third-order valence-corrected chi connectivity index (χ3v) is 4.77. The average Bonchev–Trinajstić information content (AvgIpc) is 1.87. The van der Waals surface area contributed by atoms with Crippen LogP contribution in [0.3, 0.4) is 0 Å². The first-order chi connectivity index (χ1) is 3.29. The first-order valence-electron chi connectivity index (χ1n) is 1.73. The normalized spacial score (nSPS) is 30.4. The molecule has 0 aliphatic carbocycles. The van der Waals surface area contributed by atoms with Crippen LogP contribution in [-0.4, -0.2) is 10.9 Å². The molecule has 1 atom stereocenters. The SMILES string of the molecule is C=S1SN=C(C)S1. The zero-order valence-corrected chi connectivity index (χ0v) is 6.33. The van der Waals surface area contributed by atoms with E-state index in [1.807, 2.05) is 6.92 Å². The third kappa shape index (κ3) is 1.51. The summed E-state index contributed by atoms with van der Waals surface area (Å²) in [5, 5.41) is 1.16. The van der Waals surface area contributed by atoms with Gasteiger partial charge in [0.05, 0.1) is 5.04 Å². The highest BCUT2D eigenvalue weighted by Gasteiger charge is 2.03. The lowest BCUT2D eigenvalue weighted by Gasteiger charge is -1.82. The topological polar surface area (TPSA) is 12.4 Å². The van der Waals surface area contributed by atoms with Crippen LogP contribution in [0, 0.1) is 0 Å². The fourth-order valence-electron chi connectivity index (χ4n) is 0.259. The molecule has 4 heteroatoms. The highest BCUT2D eigenvalue weighted by molar-refractivity contribution is 9.18. The minimum Gasteiger partial charge on any atom is -0.202 e. The molecular formula is C3H5NS3. The molecule has 1 rings (SSSR count). The summed E-state index contributed by atoms with van der Waals surface area (Å²) in [5.74, 6) is 3.83. The molecular weight excluding hydrogens is 146 g/mol. The third-order valence-electron chi connectivity index (χ3n) is 0.463. The summed E-state index contributed by atoms with van der Waals surface area (Å²) >= 11 is 0. The molecule has 0 aromatic carbocycles. The Bertz CT molecular complexity index is 128. The number of hydrogen-bond donors (Lipinski definition) is 0. The molecule has 1 aliphatic heterocycles. The van der Waals surface area contributed by atoms with E-state index >= 15 is 0 Å². The largest absolute Gasteiger partial charge is 0.202 e. The minimum atomic E-state index is 0.177. The molecule has 0 fully saturated rings. The molecule has 0 radical (unpaired) electrons. The van der Waals surface area contributed by atoms with E-state index in [0.29, 0.717) is 0 Å². The van der Waals surface area contributed by atoms with E-state index in [0.717, 1.165) is 5.04 Å². The Morgan fingerprint density at radius 1 is 1.86 bits per heavy atom. The summed E-state index contributed by atoms with van der Waals surface area (Å²) in [5.41, 5.74) is 0. The Morgan fingerprint density at radius 2 is 2.57 bits per heavy atom. The maximum Gasteiger partial charge on any atom is 0.0903 e. The molecule has 0 spiro atoms. The summed E-state index contributed by atoms with van der Waals surface area (Å²) in [6.45, 7) is 2.01. The molecule has 1 aliphatic rings. The van der Waals surface area contributed by atoms with Crippen LogP contribution in [0.25, 0.3) is 0 Å². The van der Waals surface area contributed by atoms with Gasteiger partial charge in [0.2, 0.25) is 0 Å². The number of nitrogens with zero attached hydrogens (tertiary/aromatic N) is 1. The molecule has 1 nitrogen and oxygen atoms in total. The van der Waals surface area contributed by atoms with Crippen molar-refractivity contribution in [1.29, 1.82) is 0 Å². The standard InChI is InChI=1S/C3H5NS3/c1-3-4-6-7(2)5-3/h2H2,1H3. The Kier molecular flexibility index (Phi) is 1.83. The second-order valence-corrected chi connectivity index (χ2v) is 6.76. The number of hydrogen-bond acceptors (Lipinski definition) is 3. The Hall–Kier alpha value is 0.590. The molecule has 0 saturated carbocycles. The molecule has 40 valence electrons. The van der Waals surface area contributed by atoms with Crippen molar-refractivity contribution in [2.24, 2.45) is 4.40 Å². The maximum atomic E-state index is 4.06. The van der Waals surface area contributed by atoms with Crippen LogP contribution < -0.4 is 0 Å². The number of rotatable bonds is 0. The molecule has 0 aromatic rings. The highest BCUT2D eigenvalue weighted by atomic mass is 33.5. The summed E-state index contributed by atoms with van der Waals surface area (Å²) in [6, 6.07) is 0. The lowest BCUT2D eigenvalue weighted by atomic mass is 10.9. The van der Waals surface area contributed by atoms with Gasteiger partial charge in [-0.2, -0.15) is 0 Å². The molecule has 0 saturated heterocycles. The van der Waals surface area contributed by atoms with Gasteiger partial charge in [-0.25, -0.2) is 4.40 Å². The zero-order valence-electron chi connectivity index (χ0n) is 3.88. The van der Waals surface area contributed by atoms with Gasteiger partial charge < -0.3 is 0 Å². The quantitative estimate of drug-likeness (QED) is 0.299. The van der Waals surface area contributed by atoms with Gasteiger partial charge in [0.25, 0.3) is 0 Å². The predicted molar refractivity (Wildman–Crippen MR) is 43.0 cm³/mol. The Labute approximate surface area is 52.8 Å². The van der Waals surface area contributed by atoms with Crippen molar-refractivity contribution >= 4 is 41.2 Å². The van der Waals surface area contributed by atoms with Gasteiger partial charge in [-0.1, -0.05) is 5.87 Å². The molecule has 0 bridgehead atoms. The van der Waals surface area contributed by atoms with Crippen LogP contribution in [0.4, 0.5) is 0 Å². The van der Waals surface area contributed by atoms with Crippen LogP contribution in [0.5, 0.6) is 0 Å². The summed E-state index contributed by atoms with van der Waals surface area (Å²) in [7, 11) is 3.50. The molecule has 0 amide bonds. The van der Waals surface area contributed by atoms with E-state index in [4.69, 9.17) is 0 Å². The van der Waals surface area contributed by atoms with Gasteiger partial charge in [0, 0.05) is 11.0 Å². The first-order valence-corrected chi connectivity index (χ1v) is 5.75. The molecule has 7 heavy (non-hydrogen) atoms. The van der Waals surface area contributed by atoms with E-state index in [9.17, 15) is 0 Å². The lowest BCUT2D eigenvalue weighted by Crippen LogP contribution is -1.66.